The number of ether oxygens (including phenoxy) is 1. The van der Waals surface area contributed by atoms with Crippen molar-refractivity contribution in [1.82, 2.24) is 4.98 Å². The predicted octanol–water partition coefficient (Wildman–Crippen LogP) is 2.19. The number of rotatable bonds is 3. The molecule has 2 aromatic rings. The van der Waals surface area contributed by atoms with Gasteiger partial charge in [0.1, 0.15) is 0 Å². The fourth-order valence-corrected chi connectivity index (χ4v) is 1.71. The molecule has 0 spiro atoms. The van der Waals surface area contributed by atoms with Crippen molar-refractivity contribution in [2.24, 2.45) is 0 Å². The minimum atomic E-state index is -0.868. The summed E-state index contributed by atoms with van der Waals surface area (Å²) in [4.78, 5) is 4.31. The van der Waals surface area contributed by atoms with Gasteiger partial charge in [-0.3, -0.25) is 0 Å². The van der Waals surface area contributed by atoms with Crippen LogP contribution in [-0.2, 0) is 0 Å². The van der Waals surface area contributed by atoms with E-state index in [1.54, 1.807) is 0 Å². The van der Waals surface area contributed by atoms with Crippen LogP contribution in [0.15, 0.2) is 30.3 Å². The lowest BCUT2D eigenvalue weighted by Gasteiger charge is -2.12. The maximum Gasteiger partial charge on any atom is 0.219 e. The van der Waals surface area contributed by atoms with Gasteiger partial charge in [0.15, 0.2) is 0 Å². The number of para-hydroxylation sites is 1. The van der Waals surface area contributed by atoms with Crippen molar-refractivity contribution in [3.8, 4) is 11.9 Å². The van der Waals surface area contributed by atoms with Gasteiger partial charge in [0.25, 0.3) is 0 Å². The standard InChI is InChI=1S/C13H12N2O2/c1-17-13-10(12(16)6-7-14)8-9-4-2-3-5-11(9)15-13/h2-5,8,12,16H,6H2,1H3. The first-order valence-electron chi connectivity index (χ1n) is 5.25. The minimum Gasteiger partial charge on any atom is -0.481 e. The Bertz CT molecular complexity index is 575. The van der Waals surface area contributed by atoms with Crippen molar-refractivity contribution in [3.63, 3.8) is 0 Å². The van der Waals surface area contributed by atoms with Crippen LogP contribution in [0.2, 0.25) is 0 Å². The molecule has 0 aliphatic carbocycles. The number of aliphatic hydroxyl groups is 1. The van der Waals surface area contributed by atoms with Crippen LogP contribution in [0, 0.1) is 11.3 Å². The molecule has 0 saturated heterocycles. The molecule has 1 heterocycles. The van der Waals surface area contributed by atoms with Crippen LogP contribution < -0.4 is 4.74 Å². The van der Waals surface area contributed by atoms with Crippen LogP contribution in [0.4, 0.5) is 0 Å². The van der Waals surface area contributed by atoms with Crippen LogP contribution in [0.5, 0.6) is 5.88 Å². The summed E-state index contributed by atoms with van der Waals surface area (Å²) in [5, 5.41) is 19.4. The number of hydrogen-bond acceptors (Lipinski definition) is 4. The van der Waals surface area contributed by atoms with Gasteiger partial charge in [-0.05, 0) is 12.1 Å². The van der Waals surface area contributed by atoms with Gasteiger partial charge in [0.2, 0.25) is 5.88 Å². The van der Waals surface area contributed by atoms with Crippen LogP contribution in [-0.4, -0.2) is 17.2 Å². The molecule has 0 radical (unpaired) electrons. The highest BCUT2D eigenvalue weighted by Gasteiger charge is 2.15. The molecular formula is C13H12N2O2. The third kappa shape index (κ3) is 2.19. The number of hydrogen-bond donors (Lipinski definition) is 1. The molecule has 0 saturated carbocycles. The third-order valence-corrected chi connectivity index (χ3v) is 2.55. The quantitative estimate of drug-likeness (QED) is 0.874. The average Bonchev–Trinajstić information content (AvgIpc) is 2.37. The van der Waals surface area contributed by atoms with Crippen LogP contribution in [0.25, 0.3) is 10.9 Å². The maximum absolute atomic E-state index is 9.85. The van der Waals surface area contributed by atoms with Gasteiger partial charge >= 0.3 is 0 Å². The lowest BCUT2D eigenvalue weighted by atomic mass is 10.1. The van der Waals surface area contributed by atoms with E-state index < -0.39 is 6.10 Å². The van der Waals surface area contributed by atoms with Crippen molar-refractivity contribution in [1.29, 1.82) is 5.26 Å². The molecule has 1 atom stereocenters. The van der Waals surface area contributed by atoms with E-state index in [0.29, 0.717) is 11.4 Å². The molecule has 1 aromatic heterocycles. The van der Waals surface area contributed by atoms with Gasteiger partial charge in [-0.15, -0.1) is 0 Å². The van der Waals surface area contributed by atoms with Gasteiger partial charge in [-0.2, -0.15) is 5.26 Å². The molecule has 0 bridgehead atoms. The SMILES string of the molecule is COc1nc2ccccc2cc1C(O)CC#N. The van der Waals surface area contributed by atoms with E-state index in [4.69, 9.17) is 10.00 Å². The molecule has 0 fully saturated rings. The van der Waals surface area contributed by atoms with E-state index >= 15 is 0 Å². The Balaban J connectivity index is 2.57. The number of fused-ring (bicyclic) bond motifs is 1. The van der Waals surface area contributed by atoms with Crippen LogP contribution in [0.3, 0.4) is 0 Å². The summed E-state index contributed by atoms with van der Waals surface area (Å²) in [5.41, 5.74) is 1.35. The van der Waals surface area contributed by atoms with Gasteiger partial charge in [0, 0.05) is 10.9 Å². The van der Waals surface area contributed by atoms with Gasteiger partial charge < -0.3 is 9.84 Å². The van der Waals surface area contributed by atoms with E-state index in [0.717, 1.165) is 10.9 Å². The Kier molecular flexibility index (Phi) is 3.22. The Morgan fingerprint density at radius 1 is 1.47 bits per heavy atom. The number of nitrogens with zero attached hydrogens (tertiary/aromatic N) is 2. The summed E-state index contributed by atoms with van der Waals surface area (Å²) in [6, 6.07) is 11.3. The fourth-order valence-electron chi connectivity index (χ4n) is 1.71. The summed E-state index contributed by atoms with van der Waals surface area (Å²) in [6.07, 6.45) is -0.844. The molecule has 1 N–H and O–H groups in total. The summed E-state index contributed by atoms with van der Waals surface area (Å²) >= 11 is 0. The number of methoxy groups -OCH3 is 1. The number of benzene rings is 1. The largest absolute Gasteiger partial charge is 0.481 e. The highest BCUT2D eigenvalue weighted by molar-refractivity contribution is 5.80. The van der Waals surface area contributed by atoms with Crippen molar-refractivity contribution >= 4 is 10.9 Å². The van der Waals surface area contributed by atoms with Gasteiger partial charge in [0.05, 0.1) is 31.2 Å². The van der Waals surface area contributed by atoms with E-state index in [9.17, 15) is 5.11 Å². The van der Waals surface area contributed by atoms with Gasteiger partial charge in [-0.25, -0.2) is 4.98 Å². The third-order valence-electron chi connectivity index (χ3n) is 2.55. The lowest BCUT2D eigenvalue weighted by molar-refractivity contribution is 0.178. The normalized spacial score (nSPS) is 12.1. The average molecular weight is 228 g/mol. The second kappa shape index (κ2) is 4.81. The van der Waals surface area contributed by atoms with E-state index in [-0.39, 0.29) is 6.42 Å². The first-order chi connectivity index (χ1) is 8.26. The molecule has 1 unspecified atom stereocenters. The van der Waals surface area contributed by atoms with Crippen LogP contribution >= 0.6 is 0 Å². The zero-order valence-corrected chi connectivity index (χ0v) is 9.42. The number of nitriles is 1. The first kappa shape index (κ1) is 11.4. The Hall–Kier alpha value is -2.12. The van der Waals surface area contributed by atoms with E-state index in [1.807, 2.05) is 36.4 Å². The van der Waals surface area contributed by atoms with E-state index in [1.165, 1.54) is 7.11 Å². The molecule has 1 aromatic carbocycles. The molecule has 4 heteroatoms. The van der Waals surface area contributed by atoms with Crippen molar-refractivity contribution in [3.05, 3.63) is 35.9 Å². The second-order valence-corrected chi connectivity index (χ2v) is 3.66. The highest BCUT2D eigenvalue weighted by atomic mass is 16.5. The van der Waals surface area contributed by atoms with Crippen molar-refractivity contribution < 1.29 is 9.84 Å². The zero-order chi connectivity index (χ0) is 12.3. The number of pyridine rings is 1. The topological polar surface area (TPSA) is 66.1 Å². The Morgan fingerprint density at radius 2 is 2.24 bits per heavy atom. The Labute approximate surface area is 99.1 Å². The number of aliphatic hydroxyl groups excluding tert-OH is 1. The van der Waals surface area contributed by atoms with Crippen molar-refractivity contribution in [2.75, 3.05) is 7.11 Å². The fraction of sp³-hybridized carbons (Fsp3) is 0.231. The summed E-state index contributed by atoms with van der Waals surface area (Å²) in [6.45, 7) is 0. The van der Waals surface area contributed by atoms with E-state index in [2.05, 4.69) is 4.98 Å². The monoisotopic (exact) mass is 228 g/mol. The Morgan fingerprint density at radius 3 is 2.94 bits per heavy atom. The molecule has 17 heavy (non-hydrogen) atoms. The molecule has 86 valence electrons. The molecule has 0 aliphatic rings. The highest BCUT2D eigenvalue weighted by Crippen LogP contribution is 2.28. The summed E-state index contributed by atoms with van der Waals surface area (Å²) in [7, 11) is 1.50. The number of aromatic nitrogens is 1. The molecular weight excluding hydrogens is 216 g/mol. The zero-order valence-electron chi connectivity index (χ0n) is 9.42. The maximum atomic E-state index is 9.85. The molecule has 0 aliphatic heterocycles. The minimum absolute atomic E-state index is 0.0242. The summed E-state index contributed by atoms with van der Waals surface area (Å²) in [5.74, 6) is 0.367. The molecule has 0 amide bonds. The lowest BCUT2D eigenvalue weighted by Crippen LogP contribution is -2.02. The summed E-state index contributed by atoms with van der Waals surface area (Å²) < 4.78 is 5.14. The van der Waals surface area contributed by atoms with Crippen molar-refractivity contribution in [2.45, 2.75) is 12.5 Å². The van der Waals surface area contributed by atoms with Crippen LogP contribution in [0.1, 0.15) is 18.1 Å². The van der Waals surface area contributed by atoms with Gasteiger partial charge in [-0.1, -0.05) is 18.2 Å². The molecule has 4 nitrogen and oxygen atoms in total. The molecule has 2 rings (SSSR count). The smallest absolute Gasteiger partial charge is 0.219 e. The first-order valence-corrected chi connectivity index (χ1v) is 5.25. The second-order valence-electron chi connectivity index (χ2n) is 3.66. The predicted molar refractivity (Wildman–Crippen MR) is 63.5 cm³/mol.